The van der Waals surface area contributed by atoms with E-state index in [2.05, 4.69) is 37.6 Å². The van der Waals surface area contributed by atoms with Crippen LogP contribution in [0.4, 0.5) is 5.69 Å². The monoisotopic (exact) mass is 250 g/mol. The summed E-state index contributed by atoms with van der Waals surface area (Å²) < 4.78 is 6.06. The van der Waals surface area contributed by atoms with Crippen LogP contribution in [0.3, 0.4) is 0 Å². The lowest BCUT2D eigenvalue weighted by Crippen LogP contribution is -2.57. The van der Waals surface area contributed by atoms with Gasteiger partial charge in [-0.1, -0.05) is 0 Å². The molecule has 0 unspecified atom stereocenters. The summed E-state index contributed by atoms with van der Waals surface area (Å²) in [5.41, 5.74) is 1.45. The third-order valence-electron chi connectivity index (χ3n) is 3.02. The highest BCUT2D eigenvalue weighted by molar-refractivity contribution is 5.47. The number of hydrogen-bond donors (Lipinski definition) is 1. The highest BCUT2D eigenvalue weighted by atomic mass is 16.5. The molecule has 0 aromatic carbocycles. The van der Waals surface area contributed by atoms with Crippen LogP contribution in [0.15, 0.2) is 18.3 Å². The molecule has 1 saturated heterocycles. The number of aliphatic hydroxyl groups is 1. The summed E-state index contributed by atoms with van der Waals surface area (Å²) in [7, 11) is 0. The minimum atomic E-state index is -0.176. The first-order chi connectivity index (χ1) is 8.31. The topological polar surface area (TPSA) is 45.6 Å². The second-order valence-electron chi connectivity index (χ2n) is 6.14. The Morgan fingerprint density at radius 2 is 1.89 bits per heavy atom. The number of hydrogen-bond acceptors (Lipinski definition) is 4. The lowest BCUT2D eigenvalue weighted by Gasteiger charge is -2.48. The normalized spacial score (nSPS) is 21.9. The molecule has 1 aromatic heterocycles. The minimum absolute atomic E-state index is 0.0229. The van der Waals surface area contributed by atoms with Crippen LogP contribution in [0.5, 0.6) is 0 Å². The molecule has 2 rings (SSSR count). The molecule has 1 aliphatic heterocycles. The highest BCUT2D eigenvalue weighted by Crippen LogP contribution is 2.31. The van der Waals surface area contributed by atoms with Crippen LogP contribution in [0.1, 0.15) is 33.4 Å². The summed E-state index contributed by atoms with van der Waals surface area (Å²) in [6.07, 6.45) is 1.75. The maximum atomic E-state index is 9.16. The fourth-order valence-corrected chi connectivity index (χ4v) is 2.72. The second-order valence-corrected chi connectivity index (χ2v) is 6.14. The molecule has 0 atom stereocenters. The van der Waals surface area contributed by atoms with Crippen LogP contribution in [-0.4, -0.2) is 34.4 Å². The molecule has 4 heteroatoms. The summed E-state index contributed by atoms with van der Waals surface area (Å²) in [5, 5.41) is 9.16. The first-order valence-electron chi connectivity index (χ1n) is 6.32. The summed E-state index contributed by atoms with van der Waals surface area (Å²) in [5.74, 6) is 0. The van der Waals surface area contributed by atoms with E-state index >= 15 is 0 Å². The van der Waals surface area contributed by atoms with Crippen molar-refractivity contribution >= 4 is 5.69 Å². The average molecular weight is 250 g/mol. The molecule has 0 aliphatic carbocycles. The van der Waals surface area contributed by atoms with Gasteiger partial charge < -0.3 is 14.7 Å². The molecule has 18 heavy (non-hydrogen) atoms. The quantitative estimate of drug-likeness (QED) is 0.871. The number of ether oxygens (including phenoxy) is 1. The van der Waals surface area contributed by atoms with Gasteiger partial charge in [0.25, 0.3) is 0 Å². The Morgan fingerprint density at radius 3 is 2.44 bits per heavy atom. The van der Waals surface area contributed by atoms with Gasteiger partial charge in [-0.15, -0.1) is 0 Å². The minimum Gasteiger partial charge on any atom is -0.390 e. The summed E-state index contributed by atoms with van der Waals surface area (Å²) >= 11 is 0. The van der Waals surface area contributed by atoms with Crippen molar-refractivity contribution in [2.75, 3.05) is 18.0 Å². The molecule has 4 nitrogen and oxygen atoms in total. The zero-order valence-corrected chi connectivity index (χ0v) is 11.6. The molecule has 1 aliphatic rings. The summed E-state index contributed by atoms with van der Waals surface area (Å²) in [4.78, 5) is 6.41. The Morgan fingerprint density at radius 1 is 1.28 bits per heavy atom. The van der Waals surface area contributed by atoms with E-state index in [0.717, 1.165) is 18.8 Å². The summed E-state index contributed by atoms with van der Waals surface area (Å²) in [6, 6.07) is 3.92. The van der Waals surface area contributed by atoms with E-state index in [-0.39, 0.29) is 17.8 Å². The Balaban J connectivity index is 2.26. The molecule has 2 heterocycles. The van der Waals surface area contributed by atoms with Crippen LogP contribution in [0.25, 0.3) is 0 Å². The maximum absolute atomic E-state index is 9.16. The molecular weight excluding hydrogens is 228 g/mol. The zero-order chi connectivity index (χ0) is 13.4. The van der Waals surface area contributed by atoms with Gasteiger partial charge in [0.1, 0.15) is 0 Å². The number of pyridine rings is 1. The largest absolute Gasteiger partial charge is 0.390 e. The fraction of sp³-hybridized carbons (Fsp3) is 0.643. The molecule has 1 aromatic rings. The molecule has 0 spiro atoms. The van der Waals surface area contributed by atoms with Gasteiger partial charge in [0.05, 0.1) is 23.5 Å². The van der Waals surface area contributed by atoms with Crippen LogP contribution in [0.2, 0.25) is 0 Å². The molecule has 1 fully saturated rings. The van der Waals surface area contributed by atoms with Crippen molar-refractivity contribution in [3.63, 3.8) is 0 Å². The van der Waals surface area contributed by atoms with Gasteiger partial charge in [-0.3, -0.25) is 4.98 Å². The van der Waals surface area contributed by atoms with E-state index in [1.807, 2.05) is 12.1 Å². The van der Waals surface area contributed by atoms with Crippen molar-refractivity contribution in [3.8, 4) is 0 Å². The van der Waals surface area contributed by atoms with E-state index in [1.54, 1.807) is 6.20 Å². The van der Waals surface area contributed by atoms with E-state index in [1.165, 1.54) is 0 Å². The lowest BCUT2D eigenvalue weighted by atomic mass is 9.98. The van der Waals surface area contributed by atoms with Crippen molar-refractivity contribution in [3.05, 3.63) is 24.0 Å². The predicted octanol–water partition coefficient (Wildman–Crippen LogP) is 1.97. The van der Waals surface area contributed by atoms with Gasteiger partial charge >= 0.3 is 0 Å². The molecule has 0 saturated carbocycles. The van der Waals surface area contributed by atoms with E-state index in [9.17, 15) is 0 Å². The predicted molar refractivity (Wildman–Crippen MR) is 71.6 cm³/mol. The first-order valence-corrected chi connectivity index (χ1v) is 6.32. The van der Waals surface area contributed by atoms with Gasteiger partial charge in [-0.2, -0.15) is 0 Å². The number of anilines is 1. The van der Waals surface area contributed by atoms with E-state index in [4.69, 9.17) is 9.84 Å². The van der Waals surface area contributed by atoms with Crippen molar-refractivity contribution in [2.24, 2.45) is 0 Å². The van der Waals surface area contributed by atoms with Gasteiger partial charge in [0.15, 0.2) is 0 Å². The van der Waals surface area contributed by atoms with Gasteiger partial charge in [0, 0.05) is 25.0 Å². The number of rotatable bonds is 2. The SMILES string of the molecule is CC1(C)CN(c2ccnc(CO)c2)CC(C)(C)O1. The third kappa shape index (κ3) is 3.00. The molecule has 1 N–H and O–H groups in total. The molecular formula is C14H22N2O2. The lowest BCUT2D eigenvalue weighted by molar-refractivity contribution is -0.133. The van der Waals surface area contributed by atoms with Crippen LogP contribution >= 0.6 is 0 Å². The molecule has 100 valence electrons. The van der Waals surface area contributed by atoms with E-state index < -0.39 is 0 Å². The van der Waals surface area contributed by atoms with Crippen molar-refractivity contribution in [2.45, 2.75) is 45.5 Å². The average Bonchev–Trinajstić information content (AvgIpc) is 2.25. The van der Waals surface area contributed by atoms with Crippen LogP contribution < -0.4 is 4.90 Å². The Hall–Kier alpha value is -1.13. The van der Waals surface area contributed by atoms with Crippen molar-refractivity contribution < 1.29 is 9.84 Å². The first kappa shape index (κ1) is 13.3. The van der Waals surface area contributed by atoms with Crippen LogP contribution in [0, 0.1) is 0 Å². The number of aliphatic hydroxyl groups excluding tert-OH is 1. The van der Waals surface area contributed by atoms with Crippen LogP contribution in [-0.2, 0) is 11.3 Å². The highest BCUT2D eigenvalue weighted by Gasteiger charge is 2.38. The Labute approximate surface area is 109 Å². The fourth-order valence-electron chi connectivity index (χ4n) is 2.72. The van der Waals surface area contributed by atoms with Gasteiger partial charge in [-0.05, 0) is 39.8 Å². The smallest absolute Gasteiger partial charge is 0.0853 e. The maximum Gasteiger partial charge on any atom is 0.0853 e. The molecule has 0 radical (unpaired) electrons. The Kier molecular flexibility index (Phi) is 3.34. The van der Waals surface area contributed by atoms with Crippen molar-refractivity contribution in [1.29, 1.82) is 0 Å². The number of nitrogens with zero attached hydrogens (tertiary/aromatic N) is 2. The zero-order valence-electron chi connectivity index (χ0n) is 11.6. The Bertz CT molecular complexity index is 414. The van der Waals surface area contributed by atoms with Gasteiger partial charge in [-0.25, -0.2) is 0 Å². The summed E-state index contributed by atoms with van der Waals surface area (Å²) in [6.45, 7) is 10.1. The number of aromatic nitrogens is 1. The van der Waals surface area contributed by atoms with Crippen molar-refractivity contribution in [1.82, 2.24) is 4.98 Å². The standard InChI is InChI=1S/C14H22N2O2/c1-13(2)9-16(10-14(3,4)18-13)12-5-6-15-11(7-12)8-17/h5-7,17H,8-10H2,1-4H3. The van der Waals surface area contributed by atoms with Gasteiger partial charge in [0.2, 0.25) is 0 Å². The van der Waals surface area contributed by atoms with E-state index in [0.29, 0.717) is 5.69 Å². The second kappa shape index (κ2) is 4.52. The third-order valence-corrected chi connectivity index (χ3v) is 3.02. The molecule has 0 amide bonds. The molecule has 0 bridgehead atoms. The number of morpholine rings is 1.